The third-order valence-corrected chi connectivity index (χ3v) is 5.06. The minimum Gasteiger partial charge on any atom is -0.492 e. The molecular weight excluding hydrogens is 396 g/mol. The SMILES string of the molecule is CON(C(=O)c1cccc2c1OCC2CC(=O)OCc1ccccc1)c1ccncc1. The van der Waals surface area contributed by atoms with Gasteiger partial charge in [0.15, 0.2) is 0 Å². The Hall–Kier alpha value is -3.71. The molecule has 7 nitrogen and oxygen atoms in total. The Morgan fingerprint density at radius 2 is 1.84 bits per heavy atom. The lowest BCUT2D eigenvalue weighted by Gasteiger charge is -2.20. The summed E-state index contributed by atoms with van der Waals surface area (Å²) >= 11 is 0. The van der Waals surface area contributed by atoms with Gasteiger partial charge in [0.05, 0.1) is 31.4 Å². The maximum Gasteiger partial charge on any atom is 0.306 e. The summed E-state index contributed by atoms with van der Waals surface area (Å²) in [5.74, 6) is -0.373. The van der Waals surface area contributed by atoms with Gasteiger partial charge in [-0.15, -0.1) is 0 Å². The lowest BCUT2D eigenvalue weighted by atomic mass is 9.96. The quantitative estimate of drug-likeness (QED) is 0.428. The fourth-order valence-electron chi connectivity index (χ4n) is 3.54. The van der Waals surface area contributed by atoms with E-state index in [0.29, 0.717) is 23.6 Å². The van der Waals surface area contributed by atoms with E-state index >= 15 is 0 Å². The molecule has 1 amide bonds. The Kier molecular flexibility index (Phi) is 6.24. The van der Waals surface area contributed by atoms with Crippen molar-refractivity contribution in [2.24, 2.45) is 0 Å². The molecule has 0 saturated carbocycles. The Morgan fingerprint density at radius 3 is 2.58 bits per heavy atom. The van der Waals surface area contributed by atoms with Crippen molar-refractivity contribution in [1.29, 1.82) is 0 Å². The van der Waals surface area contributed by atoms with Crippen LogP contribution in [0.3, 0.4) is 0 Å². The van der Waals surface area contributed by atoms with Crippen LogP contribution in [-0.4, -0.2) is 30.6 Å². The standard InChI is InChI=1S/C24H22N2O5/c1-29-26(19-10-12-25-13-11-19)24(28)21-9-5-8-20-18(16-31-23(20)21)14-22(27)30-15-17-6-3-2-4-7-17/h2-13,18H,14-16H2,1H3. The number of amides is 1. The van der Waals surface area contributed by atoms with E-state index in [0.717, 1.165) is 11.1 Å². The molecule has 7 heteroatoms. The molecule has 2 aromatic carbocycles. The fourth-order valence-corrected chi connectivity index (χ4v) is 3.54. The highest BCUT2D eigenvalue weighted by Gasteiger charge is 2.32. The average Bonchev–Trinajstić information content (AvgIpc) is 3.22. The van der Waals surface area contributed by atoms with Gasteiger partial charge in [0, 0.05) is 23.9 Å². The maximum atomic E-state index is 13.1. The first-order valence-corrected chi connectivity index (χ1v) is 9.91. The Labute approximate surface area is 180 Å². The minimum atomic E-state index is -0.363. The minimum absolute atomic E-state index is 0.176. The first-order chi connectivity index (χ1) is 15.2. The van der Waals surface area contributed by atoms with Crippen molar-refractivity contribution in [2.75, 3.05) is 18.8 Å². The number of carbonyl (C=O) groups excluding carboxylic acids is 2. The zero-order valence-electron chi connectivity index (χ0n) is 17.1. The van der Waals surface area contributed by atoms with Gasteiger partial charge in [0.1, 0.15) is 12.4 Å². The molecular formula is C24H22N2O5. The van der Waals surface area contributed by atoms with Crippen LogP contribution >= 0.6 is 0 Å². The summed E-state index contributed by atoms with van der Waals surface area (Å²) in [6.07, 6.45) is 3.34. The lowest BCUT2D eigenvalue weighted by molar-refractivity contribution is -0.145. The summed E-state index contributed by atoms with van der Waals surface area (Å²) < 4.78 is 11.2. The molecule has 3 aromatic rings. The zero-order chi connectivity index (χ0) is 21.6. The summed E-state index contributed by atoms with van der Waals surface area (Å²) in [6, 6.07) is 18.2. The first kappa shape index (κ1) is 20.6. The Bertz CT molecular complexity index is 1060. The molecule has 0 fully saturated rings. The second-order valence-electron chi connectivity index (χ2n) is 7.07. The van der Waals surface area contributed by atoms with Crippen molar-refractivity contribution in [3.05, 3.63) is 89.7 Å². The molecule has 0 aliphatic carbocycles. The highest BCUT2D eigenvalue weighted by Crippen LogP contribution is 2.39. The molecule has 0 bridgehead atoms. The normalized spacial score (nSPS) is 14.4. The molecule has 158 valence electrons. The Balaban J connectivity index is 1.47. The van der Waals surface area contributed by atoms with E-state index < -0.39 is 0 Å². The number of esters is 1. The molecule has 31 heavy (non-hydrogen) atoms. The number of pyridine rings is 1. The number of rotatable bonds is 7. The average molecular weight is 418 g/mol. The number of aromatic nitrogens is 1. The van der Waals surface area contributed by atoms with Crippen molar-refractivity contribution < 1.29 is 23.9 Å². The van der Waals surface area contributed by atoms with Crippen molar-refractivity contribution in [3.63, 3.8) is 0 Å². The van der Waals surface area contributed by atoms with Crippen molar-refractivity contribution in [2.45, 2.75) is 18.9 Å². The van der Waals surface area contributed by atoms with Crippen LogP contribution in [0.15, 0.2) is 73.1 Å². The summed E-state index contributed by atoms with van der Waals surface area (Å²) in [5, 5.41) is 1.18. The number of anilines is 1. The van der Waals surface area contributed by atoms with Gasteiger partial charge in [-0.1, -0.05) is 42.5 Å². The van der Waals surface area contributed by atoms with Crippen LogP contribution in [0.25, 0.3) is 0 Å². The highest BCUT2D eigenvalue weighted by molar-refractivity contribution is 6.07. The van der Waals surface area contributed by atoms with Crippen molar-refractivity contribution in [1.82, 2.24) is 4.98 Å². The summed E-state index contributed by atoms with van der Waals surface area (Å²) in [4.78, 5) is 34.8. The van der Waals surface area contributed by atoms with E-state index in [-0.39, 0.29) is 30.8 Å². The molecule has 1 unspecified atom stereocenters. The van der Waals surface area contributed by atoms with Gasteiger partial charge in [-0.2, -0.15) is 5.06 Å². The van der Waals surface area contributed by atoms with Gasteiger partial charge in [-0.25, -0.2) is 0 Å². The van der Waals surface area contributed by atoms with Crippen LogP contribution in [0.5, 0.6) is 5.75 Å². The van der Waals surface area contributed by atoms with Crippen LogP contribution in [0.1, 0.15) is 33.8 Å². The predicted octanol–water partition coefficient (Wildman–Crippen LogP) is 3.90. The third kappa shape index (κ3) is 4.57. The fraction of sp³-hybridized carbons (Fsp3) is 0.208. The highest BCUT2D eigenvalue weighted by atomic mass is 16.7. The number of ether oxygens (including phenoxy) is 2. The van der Waals surface area contributed by atoms with E-state index in [1.165, 1.54) is 12.2 Å². The van der Waals surface area contributed by atoms with Gasteiger partial charge in [-0.05, 0) is 23.8 Å². The first-order valence-electron chi connectivity index (χ1n) is 9.91. The molecule has 1 aromatic heterocycles. The molecule has 2 heterocycles. The third-order valence-electron chi connectivity index (χ3n) is 5.06. The van der Waals surface area contributed by atoms with Crippen LogP contribution < -0.4 is 9.80 Å². The van der Waals surface area contributed by atoms with E-state index in [9.17, 15) is 9.59 Å². The van der Waals surface area contributed by atoms with Gasteiger partial charge in [-0.3, -0.25) is 19.4 Å². The van der Waals surface area contributed by atoms with E-state index in [2.05, 4.69) is 4.98 Å². The van der Waals surface area contributed by atoms with Gasteiger partial charge < -0.3 is 9.47 Å². The summed E-state index contributed by atoms with van der Waals surface area (Å²) in [7, 11) is 1.42. The number of hydrogen-bond acceptors (Lipinski definition) is 6. The second-order valence-corrected chi connectivity index (χ2v) is 7.07. The van der Waals surface area contributed by atoms with E-state index in [4.69, 9.17) is 14.3 Å². The van der Waals surface area contributed by atoms with Crippen molar-refractivity contribution >= 4 is 17.6 Å². The van der Waals surface area contributed by atoms with E-state index in [1.54, 1.807) is 36.7 Å². The molecule has 0 spiro atoms. The summed E-state index contributed by atoms with van der Waals surface area (Å²) in [5.41, 5.74) is 2.67. The molecule has 1 aliphatic heterocycles. The lowest BCUT2D eigenvalue weighted by Crippen LogP contribution is -2.30. The molecule has 4 rings (SSSR count). The maximum absolute atomic E-state index is 13.1. The zero-order valence-corrected chi connectivity index (χ0v) is 17.1. The Morgan fingerprint density at radius 1 is 1.06 bits per heavy atom. The molecule has 0 radical (unpaired) electrons. The molecule has 1 aliphatic rings. The number of para-hydroxylation sites is 1. The van der Waals surface area contributed by atoms with E-state index in [1.807, 2.05) is 36.4 Å². The van der Waals surface area contributed by atoms with Gasteiger partial charge in [0.25, 0.3) is 5.91 Å². The number of carbonyl (C=O) groups is 2. The van der Waals surface area contributed by atoms with Crippen LogP contribution in [0, 0.1) is 0 Å². The van der Waals surface area contributed by atoms with Crippen molar-refractivity contribution in [3.8, 4) is 5.75 Å². The number of nitrogens with zero attached hydrogens (tertiary/aromatic N) is 2. The van der Waals surface area contributed by atoms with Crippen LogP contribution in [-0.2, 0) is 21.0 Å². The number of hydrogen-bond donors (Lipinski definition) is 0. The predicted molar refractivity (Wildman–Crippen MR) is 114 cm³/mol. The van der Waals surface area contributed by atoms with Crippen LogP contribution in [0.2, 0.25) is 0 Å². The smallest absolute Gasteiger partial charge is 0.306 e. The summed E-state index contributed by atoms with van der Waals surface area (Å²) in [6.45, 7) is 0.537. The molecule has 0 N–H and O–H groups in total. The van der Waals surface area contributed by atoms with Gasteiger partial charge in [0.2, 0.25) is 0 Å². The van der Waals surface area contributed by atoms with Crippen LogP contribution in [0.4, 0.5) is 5.69 Å². The topological polar surface area (TPSA) is 78.0 Å². The number of benzene rings is 2. The molecule has 1 atom stereocenters. The number of fused-ring (bicyclic) bond motifs is 1. The second kappa shape index (κ2) is 9.40. The van der Waals surface area contributed by atoms with Gasteiger partial charge >= 0.3 is 5.97 Å². The number of hydroxylamine groups is 1. The molecule has 0 saturated heterocycles. The largest absolute Gasteiger partial charge is 0.492 e. The monoisotopic (exact) mass is 418 g/mol.